The van der Waals surface area contributed by atoms with Crippen LogP contribution in [0.5, 0.6) is 0 Å². The predicted molar refractivity (Wildman–Crippen MR) is 86.4 cm³/mol. The van der Waals surface area contributed by atoms with Crippen molar-refractivity contribution >= 4 is 10.0 Å². The third-order valence-corrected chi connectivity index (χ3v) is 5.74. The van der Waals surface area contributed by atoms with E-state index < -0.39 is 10.0 Å². The molecule has 0 fully saturated rings. The fourth-order valence-corrected chi connectivity index (χ4v) is 3.69. The molecule has 1 heterocycles. The van der Waals surface area contributed by atoms with Gasteiger partial charge in [0.25, 0.3) is 10.0 Å². The van der Waals surface area contributed by atoms with Gasteiger partial charge in [-0.05, 0) is 46.2 Å². The van der Waals surface area contributed by atoms with Crippen LogP contribution < -0.4 is 0 Å². The Hall–Kier alpha value is -1.55. The molecular formula is C17H23NO2S. The Morgan fingerprint density at radius 3 is 2.38 bits per heavy atom. The molecule has 0 bridgehead atoms. The van der Waals surface area contributed by atoms with Gasteiger partial charge in [-0.25, -0.2) is 8.42 Å². The van der Waals surface area contributed by atoms with Crippen LogP contribution in [0.25, 0.3) is 0 Å². The zero-order chi connectivity index (χ0) is 15.6. The van der Waals surface area contributed by atoms with E-state index in [1.54, 1.807) is 18.3 Å². The van der Waals surface area contributed by atoms with E-state index in [9.17, 15) is 8.42 Å². The largest absolute Gasteiger partial charge is 0.273 e. The normalized spacial score (nSPS) is 18.1. The van der Waals surface area contributed by atoms with Crippen molar-refractivity contribution in [2.75, 3.05) is 6.54 Å². The van der Waals surface area contributed by atoms with Gasteiger partial charge in [0.2, 0.25) is 0 Å². The summed E-state index contributed by atoms with van der Waals surface area (Å²) in [4.78, 5) is 0.359. The maximum Gasteiger partial charge on any atom is 0.263 e. The molecule has 1 aliphatic rings. The van der Waals surface area contributed by atoms with Gasteiger partial charge in [0, 0.05) is 18.7 Å². The Kier molecular flexibility index (Phi) is 4.57. The number of aryl methyl sites for hydroxylation is 1. The van der Waals surface area contributed by atoms with E-state index in [1.807, 2.05) is 25.1 Å². The molecule has 0 spiro atoms. The highest BCUT2D eigenvalue weighted by Gasteiger charge is 2.27. The van der Waals surface area contributed by atoms with Crippen molar-refractivity contribution in [1.82, 2.24) is 4.31 Å². The SMILES string of the molecule is CC(C)=C(C)CC1C=CN(S(=O)(=O)c2ccc(C)cc2)C1. The first kappa shape index (κ1) is 15.8. The summed E-state index contributed by atoms with van der Waals surface area (Å²) < 4.78 is 26.6. The first-order chi connectivity index (χ1) is 9.80. The van der Waals surface area contributed by atoms with Crippen LogP contribution in [0.4, 0.5) is 0 Å². The van der Waals surface area contributed by atoms with Gasteiger partial charge in [0.15, 0.2) is 0 Å². The number of benzene rings is 1. The van der Waals surface area contributed by atoms with Crippen molar-refractivity contribution in [3.8, 4) is 0 Å². The molecule has 114 valence electrons. The summed E-state index contributed by atoms with van der Waals surface area (Å²) >= 11 is 0. The molecule has 0 aliphatic carbocycles. The van der Waals surface area contributed by atoms with Gasteiger partial charge >= 0.3 is 0 Å². The molecular weight excluding hydrogens is 282 g/mol. The molecule has 1 unspecified atom stereocenters. The summed E-state index contributed by atoms with van der Waals surface area (Å²) in [5.41, 5.74) is 3.70. The maximum atomic E-state index is 12.6. The lowest BCUT2D eigenvalue weighted by molar-refractivity contribution is 0.478. The third-order valence-electron chi connectivity index (χ3n) is 3.99. The van der Waals surface area contributed by atoms with Crippen LogP contribution in [0.3, 0.4) is 0 Å². The number of allylic oxidation sites excluding steroid dienone is 2. The molecule has 1 aromatic rings. The lowest BCUT2D eigenvalue weighted by Gasteiger charge is -2.19. The van der Waals surface area contributed by atoms with E-state index in [0.29, 0.717) is 11.4 Å². The van der Waals surface area contributed by atoms with Crippen molar-refractivity contribution in [3.63, 3.8) is 0 Å². The van der Waals surface area contributed by atoms with Crippen molar-refractivity contribution in [3.05, 3.63) is 53.3 Å². The minimum absolute atomic E-state index is 0.264. The molecule has 0 N–H and O–H groups in total. The van der Waals surface area contributed by atoms with E-state index in [1.165, 1.54) is 15.5 Å². The zero-order valence-electron chi connectivity index (χ0n) is 13.1. The van der Waals surface area contributed by atoms with Gasteiger partial charge in [0.1, 0.15) is 0 Å². The summed E-state index contributed by atoms with van der Waals surface area (Å²) in [7, 11) is -3.41. The number of hydrogen-bond acceptors (Lipinski definition) is 2. The van der Waals surface area contributed by atoms with Crippen molar-refractivity contribution in [2.24, 2.45) is 5.92 Å². The summed E-state index contributed by atoms with van der Waals surface area (Å²) in [5, 5.41) is 0. The fourth-order valence-electron chi connectivity index (χ4n) is 2.32. The van der Waals surface area contributed by atoms with Gasteiger partial charge < -0.3 is 0 Å². The fraction of sp³-hybridized carbons (Fsp3) is 0.412. The van der Waals surface area contributed by atoms with Crippen molar-refractivity contribution in [2.45, 2.75) is 39.0 Å². The Morgan fingerprint density at radius 2 is 1.81 bits per heavy atom. The lowest BCUT2D eigenvalue weighted by atomic mass is 9.99. The smallest absolute Gasteiger partial charge is 0.263 e. The molecule has 4 heteroatoms. The van der Waals surface area contributed by atoms with Crippen molar-refractivity contribution in [1.29, 1.82) is 0 Å². The van der Waals surface area contributed by atoms with Gasteiger partial charge in [-0.1, -0.05) is 34.9 Å². The highest BCUT2D eigenvalue weighted by atomic mass is 32.2. The van der Waals surface area contributed by atoms with E-state index in [2.05, 4.69) is 20.8 Å². The van der Waals surface area contributed by atoms with E-state index in [0.717, 1.165) is 12.0 Å². The second-order valence-corrected chi connectivity index (χ2v) is 7.86. The topological polar surface area (TPSA) is 37.4 Å². The molecule has 21 heavy (non-hydrogen) atoms. The highest BCUT2D eigenvalue weighted by molar-refractivity contribution is 7.89. The third kappa shape index (κ3) is 3.56. The van der Waals surface area contributed by atoms with Crippen LogP contribution in [0.1, 0.15) is 32.8 Å². The molecule has 0 amide bonds. The van der Waals surface area contributed by atoms with Crippen LogP contribution in [0, 0.1) is 12.8 Å². The average Bonchev–Trinajstić information content (AvgIpc) is 2.88. The van der Waals surface area contributed by atoms with Gasteiger partial charge in [-0.15, -0.1) is 0 Å². The van der Waals surface area contributed by atoms with Gasteiger partial charge in [-0.3, -0.25) is 4.31 Å². The monoisotopic (exact) mass is 305 g/mol. The van der Waals surface area contributed by atoms with Crippen molar-refractivity contribution < 1.29 is 8.42 Å². The quantitative estimate of drug-likeness (QED) is 0.792. The Balaban J connectivity index is 2.13. The Bertz CT molecular complexity index is 665. The first-order valence-electron chi connectivity index (χ1n) is 7.20. The highest BCUT2D eigenvalue weighted by Crippen LogP contribution is 2.26. The standard InChI is InChI=1S/C17H23NO2S/c1-13(2)15(4)11-16-9-10-18(12-16)21(19,20)17-7-5-14(3)6-8-17/h5-10,16H,11-12H2,1-4H3. The zero-order valence-corrected chi connectivity index (χ0v) is 13.9. The number of nitrogens with zero attached hydrogens (tertiary/aromatic N) is 1. The number of rotatable bonds is 4. The van der Waals surface area contributed by atoms with Crippen LogP contribution in [0.2, 0.25) is 0 Å². The lowest BCUT2D eigenvalue weighted by Crippen LogP contribution is -2.26. The van der Waals surface area contributed by atoms with Crippen LogP contribution in [0.15, 0.2) is 52.6 Å². The maximum absolute atomic E-state index is 12.6. The van der Waals surface area contributed by atoms with E-state index >= 15 is 0 Å². The van der Waals surface area contributed by atoms with Crippen LogP contribution in [-0.4, -0.2) is 19.3 Å². The molecule has 3 nitrogen and oxygen atoms in total. The first-order valence-corrected chi connectivity index (χ1v) is 8.64. The Morgan fingerprint density at radius 1 is 1.19 bits per heavy atom. The minimum atomic E-state index is -3.41. The molecule has 0 saturated carbocycles. The predicted octanol–water partition coefficient (Wildman–Crippen LogP) is 3.88. The summed E-state index contributed by atoms with van der Waals surface area (Å²) in [5.74, 6) is 0.264. The molecule has 2 rings (SSSR count). The number of sulfonamides is 1. The summed E-state index contributed by atoms with van der Waals surface area (Å²) in [6.45, 7) is 8.77. The molecule has 0 aromatic heterocycles. The molecule has 0 radical (unpaired) electrons. The van der Waals surface area contributed by atoms with Gasteiger partial charge in [-0.2, -0.15) is 0 Å². The summed E-state index contributed by atoms with van der Waals surface area (Å²) in [6.07, 6.45) is 4.62. The minimum Gasteiger partial charge on any atom is -0.273 e. The molecule has 1 aliphatic heterocycles. The average molecular weight is 305 g/mol. The van der Waals surface area contributed by atoms with E-state index in [-0.39, 0.29) is 5.92 Å². The van der Waals surface area contributed by atoms with Gasteiger partial charge in [0.05, 0.1) is 4.90 Å². The Labute approximate surface area is 128 Å². The molecule has 1 aromatic carbocycles. The molecule has 0 saturated heterocycles. The van der Waals surface area contributed by atoms with Crippen LogP contribution >= 0.6 is 0 Å². The molecule has 1 atom stereocenters. The second kappa shape index (κ2) is 6.06. The second-order valence-electron chi connectivity index (χ2n) is 5.97. The number of hydrogen-bond donors (Lipinski definition) is 0. The summed E-state index contributed by atoms with van der Waals surface area (Å²) in [6, 6.07) is 7.01. The van der Waals surface area contributed by atoms with Crippen LogP contribution in [-0.2, 0) is 10.0 Å². The van der Waals surface area contributed by atoms with E-state index in [4.69, 9.17) is 0 Å².